The van der Waals surface area contributed by atoms with Crippen molar-refractivity contribution < 1.29 is 9.18 Å². The Labute approximate surface area is 134 Å². The Kier molecular flexibility index (Phi) is 4.43. The van der Waals surface area contributed by atoms with Gasteiger partial charge in [-0.3, -0.25) is 9.69 Å². The van der Waals surface area contributed by atoms with Crippen LogP contribution in [0.4, 0.5) is 10.2 Å². The van der Waals surface area contributed by atoms with Gasteiger partial charge in [-0.2, -0.15) is 0 Å². The number of rotatable bonds is 4. The quantitative estimate of drug-likeness (QED) is 0.728. The first-order valence-electron chi connectivity index (χ1n) is 7.26. The van der Waals surface area contributed by atoms with Gasteiger partial charge in [-0.1, -0.05) is 42.5 Å². The Bertz CT molecular complexity index is 791. The molecule has 0 N–H and O–H groups in total. The summed E-state index contributed by atoms with van der Waals surface area (Å²) in [6, 6.07) is 20.7. The highest BCUT2D eigenvalue weighted by Gasteiger charge is 2.19. The van der Waals surface area contributed by atoms with Gasteiger partial charge in [-0.25, -0.2) is 9.37 Å². The number of amides is 1. The normalized spacial score (nSPS) is 10.3. The van der Waals surface area contributed by atoms with Crippen molar-refractivity contribution in [2.45, 2.75) is 6.54 Å². The number of hydrogen-bond acceptors (Lipinski definition) is 2. The Morgan fingerprint density at radius 2 is 1.74 bits per heavy atom. The molecule has 114 valence electrons. The molecule has 1 heterocycles. The minimum absolute atomic E-state index is 0.285. The maximum Gasteiger partial charge on any atom is 0.259 e. The topological polar surface area (TPSA) is 33.2 Å². The minimum Gasteiger partial charge on any atom is -0.288 e. The first-order valence-corrected chi connectivity index (χ1v) is 7.26. The second kappa shape index (κ2) is 6.83. The standard InChI is InChI=1S/C19H15FN2O/c20-17-10-6-9-16(13-17)19(23)22(18-11-4-5-12-21-18)14-15-7-2-1-3-8-15/h1-13H,14H2. The zero-order chi connectivity index (χ0) is 16.1. The lowest BCUT2D eigenvalue weighted by Crippen LogP contribution is -2.31. The molecule has 0 bridgehead atoms. The molecular weight excluding hydrogens is 291 g/mol. The van der Waals surface area contributed by atoms with Gasteiger partial charge in [0.1, 0.15) is 11.6 Å². The number of aromatic nitrogens is 1. The van der Waals surface area contributed by atoms with Gasteiger partial charge in [-0.15, -0.1) is 0 Å². The largest absolute Gasteiger partial charge is 0.288 e. The predicted octanol–water partition coefficient (Wildman–Crippen LogP) is 4.07. The molecule has 2 aromatic carbocycles. The summed E-state index contributed by atoms with van der Waals surface area (Å²) in [5.41, 5.74) is 1.27. The molecule has 0 spiro atoms. The number of carbonyl (C=O) groups is 1. The highest BCUT2D eigenvalue weighted by molar-refractivity contribution is 6.05. The van der Waals surface area contributed by atoms with Crippen LogP contribution in [0.2, 0.25) is 0 Å². The molecule has 0 saturated carbocycles. The summed E-state index contributed by atoms with van der Waals surface area (Å²) >= 11 is 0. The third kappa shape index (κ3) is 3.61. The Morgan fingerprint density at radius 3 is 2.43 bits per heavy atom. The lowest BCUT2D eigenvalue weighted by Gasteiger charge is -2.22. The van der Waals surface area contributed by atoms with Crippen molar-refractivity contribution in [3.8, 4) is 0 Å². The van der Waals surface area contributed by atoms with E-state index in [0.717, 1.165) is 5.56 Å². The van der Waals surface area contributed by atoms with Crippen LogP contribution in [0.5, 0.6) is 0 Å². The molecule has 3 nitrogen and oxygen atoms in total. The van der Waals surface area contributed by atoms with Crippen molar-refractivity contribution in [3.05, 3.63) is 95.9 Å². The van der Waals surface area contributed by atoms with Gasteiger partial charge < -0.3 is 0 Å². The smallest absolute Gasteiger partial charge is 0.259 e. The van der Waals surface area contributed by atoms with Crippen molar-refractivity contribution in [2.75, 3.05) is 4.90 Å². The third-order valence-corrected chi connectivity index (χ3v) is 3.43. The number of hydrogen-bond donors (Lipinski definition) is 0. The van der Waals surface area contributed by atoms with Crippen LogP contribution in [0.25, 0.3) is 0 Å². The van der Waals surface area contributed by atoms with Crippen LogP contribution < -0.4 is 4.90 Å². The number of carbonyl (C=O) groups excluding carboxylic acids is 1. The Balaban J connectivity index is 1.96. The maximum atomic E-state index is 13.4. The summed E-state index contributed by atoms with van der Waals surface area (Å²) in [4.78, 5) is 18.6. The van der Waals surface area contributed by atoms with E-state index in [9.17, 15) is 9.18 Å². The van der Waals surface area contributed by atoms with E-state index in [1.165, 1.54) is 18.2 Å². The van der Waals surface area contributed by atoms with E-state index < -0.39 is 5.82 Å². The van der Waals surface area contributed by atoms with Crippen LogP contribution in [-0.4, -0.2) is 10.9 Å². The second-order valence-electron chi connectivity index (χ2n) is 5.08. The number of benzene rings is 2. The van der Waals surface area contributed by atoms with Crippen molar-refractivity contribution in [1.82, 2.24) is 4.98 Å². The predicted molar refractivity (Wildman–Crippen MR) is 87.6 cm³/mol. The Hall–Kier alpha value is -3.01. The van der Waals surface area contributed by atoms with E-state index in [1.807, 2.05) is 36.4 Å². The maximum absolute atomic E-state index is 13.4. The van der Waals surface area contributed by atoms with E-state index in [4.69, 9.17) is 0 Å². The highest BCUT2D eigenvalue weighted by Crippen LogP contribution is 2.18. The molecule has 0 unspecified atom stereocenters. The molecular formula is C19H15FN2O. The van der Waals surface area contributed by atoms with Gasteiger partial charge in [0.2, 0.25) is 0 Å². The summed E-state index contributed by atoms with van der Waals surface area (Å²) in [6.07, 6.45) is 1.63. The van der Waals surface area contributed by atoms with Crippen LogP contribution >= 0.6 is 0 Å². The van der Waals surface area contributed by atoms with E-state index in [2.05, 4.69) is 4.98 Å². The highest BCUT2D eigenvalue weighted by atomic mass is 19.1. The van der Waals surface area contributed by atoms with Crippen LogP contribution in [0.15, 0.2) is 79.0 Å². The van der Waals surface area contributed by atoms with Gasteiger partial charge in [-0.05, 0) is 35.9 Å². The average molecular weight is 306 g/mol. The third-order valence-electron chi connectivity index (χ3n) is 3.43. The van der Waals surface area contributed by atoms with Gasteiger partial charge >= 0.3 is 0 Å². The van der Waals surface area contributed by atoms with Gasteiger partial charge in [0.05, 0.1) is 6.54 Å². The average Bonchev–Trinajstić information content (AvgIpc) is 2.61. The fourth-order valence-electron chi connectivity index (χ4n) is 2.31. The van der Waals surface area contributed by atoms with Crippen LogP contribution in [-0.2, 0) is 6.54 Å². The molecule has 1 amide bonds. The van der Waals surface area contributed by atoms with Crippen LogP contribution in [0.3, 0.4) is 0 Å². The molecule has 0 aliphatic heterocycles. The molecule has 0 aliphatic carbocycles. The van der Waals surface area contributed by atoms with Gasteiger partial charge in [0, 0.05) is 11.8 Å². The first kappa shape index (κ1) is 14.9. The summed E-state index contributed by atoms with van der Waals surface area (Å²) in [5.74, 6) is -0.186. The molecule has 3 rings (SSSR count). The fraction of sp³-hybridized carbons (Fsp3) is 0.0526. The SMILES string of the molecule is O=C(c1cccc(F)c1)N(Cc1ccccc1)c1ccccn1. The summed E-state index contributed by atoms with van der Waals surface area (Å²) in [7, 11) is 0. The molecule has 3 aromatic rings. The van der Waals surface area contributed by atoms with Gasteiger partial charge in [0.15, 0.2) is 0 Å². The van der Waals surface area contributed by atoms with E-state index in [1.54, 1.807) is 29.3 Å². The number of nitrogens with zero attached hydrogens (tertiary/aromatic N) is 2. The first-order chi connectivity index (χ1) is 11.2. The van der Waals surface area contributed by atoms with E-state index in [0.29, 0.717) is 17.9 Å². The molecule has 0 fully saturated rings. The molecule has 23 heavy (non-hydrogen) atoms. The number of anilines is 1. The lowest BCUT2D eigenvalue weighted by molar-refractivity contribution is 0.0984. The molecule has 0 aliphatic rings. The molecule has 0 radical (unpaired) electrons. The van der Waals surface area contributed by atoms with E-state index in [-0.39, 0.29) is 5.91 Å². The fourth-order valence-corrected chi connectivity index (χ4v) is 2.31. The van der Waals surface area contributed by atoms with Crippen molar-refractivity contribution >= 4 is 11.7 Å². The number of pyridine rings is 1. The van der Waals surface area contributed by atoms with Crippen LogP contribution in [0, 0.1) is 5.82 Å². The number of halogens is 1. The summed E-state index contributed by atoms with van der Waals surface area (Å²) in [6.45, 7) is 0.368. The molecule has 4 heteroatoms. The van der Waals surface area contributed by atoms with Crippen molar-refractivity contribution in [2.24, 2.45) is 0 Å². The minimum atomic E-state index is -0.434. The van der Waals surface area contributed by atoms with Crippen LogP contribution in [0.1, 0.15) is 15.9 Å². The Morgan fingerprint density at radius 1 is 0.957 bits per heavy atom. The monoisotopic (exact) mass is 306 g/mol. The zero-order valence-corrected chi connectivity index (χ0v) is 12.4. The summed E-state index contributed by atoms with van der Waals surface area (Å²) in [5, 5.41) is 0. The zero-order valence-electron chi connectivity index (χ0n) is 12.4. The summed E-state index contributed by atoms with van der Waals surface area (Å²) < 4.78 is 13.4. The molecule has 0 atom stereocenters. The van der Waals surface area contributed by atoms with Crippen molar-refractivity contribution in [1.29, 1.82) is 0 Å². The lowest BCUT2D eigenvalue weighted by atomic mass is 10.1. The molecule has 1 aromatic heterocycles. The molecule has 0 saturated heterocycles. The second-order valence-corrected chi connectivity index (χ2v) is 5.08. The van der Waals surface area contributed by atoms with E-state index >= 15 is 0 Å². The van der Waals surface area contributed by atoms with Gasteiger partial charge in [0.25, 0.3) is 5.91 Å². The van der Waals surface area contributed by atoms with Crippen molar-refractivity contribution in [3.63, 3.8) is 0 Å².